The first-order valence-electron chi connectivity index (χ1n) is 6.20. The van der Waals surface area contributed by atoms with E-state index < -0.39 is 8.80 Å². The van der Waals surface area contributed by atoms with Crippen LogP contribution in [0.5, 0.6) is 0 Å². The maximum Gasteiger partial charge on any atom is 0.143 e. The zero-order valence-electron chi connectivity index (χ0n) is 10.3. The predicted molar refractivity (Wildman–Crippen MR) is 77.1 cm³/mol. The summed E-state index contributed by atoms with van der Waals surface area (Å²) in [5.41, 5.74) is 0. The lowest BCUT2D eigenvalue weighted by Crippen LogP contribution is -2.42. The maximum atomic E-state index is 8.71. The number of aliphatic hydroxyl groups excluding tert-OH is 1. The summed E-state index contributed by atoms with van der Waals surface area (Å²) >= 11 is 0. The molecule has 18 heavy (non-hydrogen) atoms. The second-order valence-corrected chi connectivity index (χ2v) is 7.22. The quantitative estimate of drug-likeness (QED) is 0.476. The van der Waals surface area contributed by atoms with Crippen molar-refractivity contribution in [3.8, 4) is 0 Å². The summed E-state index contributed by atoms with van der Waals surface area (Å²) in [6.45, 7) is 0.432. The molecule has 0 unspecified atom stereocenters. The zero-order valence-corrected chi connectivity index (χ0v) is 11.5. The number of hydrogen-bond donors (Lipinski definition) is 1. The fourth-order valence-corrected chi connectivity index (χ4v) is 4.99. The van der Waals surface area contributed by atoms with Crippen molar-refractivity contribution in [3.05, 3.63) is 60.7 Å². The van der Waals surface area contributed by atoms with E-state index in [0.29, 0.717) is 6.61 Å². The van der Waals surface area contributed by atoms with E-state index >= 15 is 0 Å². The highest BCUT2D eigenvalue weighted by Crippen LogP contribution is 1.98. The third kappa shape index (κ3) is 3.53. The first-order valence-corrected chi connectivity index (χ1v) is 8.17. The average molecular weight is 258 g/mol. The minimum Gasteiger partial charge on any atom is -0.371 e. The molecule has 0 bridgehead atoms. The van der Waals surface area contributed by atoms with Gasteiger partial charge < -0.3 is 9.84 Å². The Labute approximate surface area is 109 Å². The molecule has 0 aliphatic rings. The molecule has 94 valence electrons. The molecule has 0 aliphatic carbocycles. The van der Waals surface area contributed by atoms with Crippen molar-refractivity contribution in [2.75, 3.05) is 13.4 Å². The monoisotopic (exact) mass is 258 g/mol. The van der Waals surface area contributed by atoms with Gasteiger partial charge in [0.25, 0.3) is 0 Å². The van der Waals surface area contributed by atoms with E-state index in [4.69, 9.17) is 9.84 Å². The Morgan fingerprint density at radius 2 is 1.33 bits per heavy atom. The van der Waals surface area contributed by atoms with Crippen LogP contribution in [0.4, 0.5) is 0 Å². The number of aliphatic hydroxyl groups is 1. The molecular weight excluding hydrogens is 240 g/mol. The molecule has 0 amide bonds. The van der Waals surface area contributed by atoms with Crippen molar-refractivity contribution in [2.24, 2.45) is 0 Å². The van der Waals surface area contributed by atoms with Crippen LogP contribution in [-0.2, 0) is 4.74 Å². The van der Waals surface area contributed by atoms with Gasteiger partial charge >= 0.3 is 0 Å². The molecule has 3 heteroatoms. The minimum atomic E-state index is -1.22. The molecular formula is C15H18O2Si. The van der Waals surface area contributed by atoms with Crippen LogP contribution < -0.4 is 10.4 Å². The van der Waals surface area contributed by atoms with Crippen molar-refractivity contribution < 1.29 is 9.84 Å². The second kappa shape index (κ2) is 7.11. The topological polar surface area (TPSA) is 29.5 Å². The van der Waals surface area contributed by atoms with Crippen LogP contribution >= 0.6 is 0 Å². The second-order valence-electron chi connectivity index (χ2n) is 4.20. The van der Waals surface area contributed by atoms with Crippen molar-refractivity contribution in [2.45, 2.75) is 6.04 Å². The third-order valence-electron chi connectivity index (χ3n) is 3.05. The van der Waals surface area contributed by atoms with E-state index in [1.807, 2.05) is 12.1 Å². The average Bonchev–Trinajstić information content (AvgIpc) is 2.46. The third-order valence-corrected chi connectivity index (χ3v) is 6.24. The molecule has 0 spiro atoms. The summed E-state index contributed by atoms with van der Waals surface area (Å²) in [7, 11) is -1.22. The summed E-state index contributed by atoms with van der Waals surface area (Å²) in [6.07, 6.45) is 0. The minimum absolute atomic E-state index is 0.190. The van der Waals surface area contributed by atoms with E-state index in [-0.39, 0.29) is 6.79 Å². The van der Waals surface area contributed by atoms with Gasteiger partial charge in [0.2, 0.25) is 0 Å². The Hall–Kier alpha value is -1.42. The van der Waals surface area contributed by atoms with Crippen molar-refractivity contribution in [1.29, 1.82) is 0 Å². The van der Waals surface area contributed by atoms with Crippen molar-refractivity contribution in [1.82, 2.24) is 0 Å². The van der Waals surface area contributed by atoms with Gasteiger partial charge in [-0.2, -0.15) is 0 Å². The number of benzene rings is 2. The molecule has 2 aromatic rings. The number of ether oxygens (including phenoxy) is 1. The van der Waals surface area contributed by atoms with Crippen LogP contribution in [0.1, 0.15) is 0 Å². The first-order chi connectivity index (χ1) is 8.92. The number of hydrogen-bond acceptors (Lipinski definition) is 2. The van der Waals surface area contributed by atoms with E-state index in [1.165, 1.54) is 10.4 Å². The highest BCUT2D eigenvalue weighted by molar-refractivity contribution is 6.85. The van der Waals surface area contributed by atoms with Gasteiger partial charge in [-0.05, 0) is 6.04 Å². The molecule has 0 aromatic heterocycles. The Morgan fingerprint density at radius 3 is 1.78 bits per heavy atom. The number of rotatable bonds is 6. The van der Waals surface area contributed by atoms with Gasteiger partial charge in [0.05, 0.1) is 0 Å². The van der Waals surface area contributed by atoms with E-state index in [1.54, 1.807) is 0 Å². The van der Waals surface area contributed by atoms with Gasteiger partial charge in [0.15, 0.2) is 0 Å². The van der Waals surface area contributed by atoms with E-state index in [2.05, 4.69) is 48.5 Å². The molecule has 1 N–H and O–H groups in total. The Morgan fingerprint density at radius 1 is 0.833 bits per heavy atom. The van der Waals surface area contributed by atoms with Gasteiger partial charge in [-0.25, -0.2) is 0 Å². The van der Waals surface area contributed by atoms with Crippen LogP contribution in [0.3, 0.4) is 0 Å². The van der Waals surface area contributed by atoms with Gasteiger partial charge in [-0.15, -0.1) is 0 Å². The standard InChI is InChI=1S/C15H18O2Si/c16-13-17-11-12-18(14-7-3-1-4-8-14)15-9-5-2-6-10-15/h1-10,16,18H,11-13H2. The highest BCUT2D eigenvalue weighted by Gasteiger charge is 2.15. The van der Waals surface area contributed by atoms with Gasteiger partial charge in [0.1, 0.15) is 15.6 Å². The molecule has 2 rings (SSSR count). The van der Waals surface area contributed by atoms with Gasteiger partial charge in [-0.1, -0.05) is 71.0 Å². The molecule has 0 saturated carbocycles. The summed E-state index contributed by atoms with van der Waals surface area (Å²) in [4.78, 5) is 0. The molecule has 0 atom stereocenters. The van der Waals surface area contributed by atoms with E-state index in [9.17, 15) is 0 Å². The lowest BCUT2D eigenvalue weighted by Gasteiger charge is -2.16. The first kappa shape index (κ1) is 13.0. The SMILES string of the molecule is OCOCC[SiH](c1ccccc1)c1ccccc1. The predicted octanol–water partition coefficient (Wildman–Crippen LogP) is 0.994. The molecule has 0 heterocycles. The van der Waals surface area contributed by atoms with Gasteiger partial charge in [0, 0.05) is 6.61 Å². The molecule has 2 nitrogen and oxygen atoms in total. The normalized spacial score (nSPS) is 10.8. The molecule has 0 saturated heterocycles. The summed E-state index contributed by atoms with van der Waals surface area (Å²) < 4.78 is 5.10. The van der Waals surface area contributed by atoms with Crippen LogP contribution in [0.2, 0.25) is 6.04 Å². The molecule has 0 fully saturated rings. The lowest BCUT2D eigenvalue weighted by atomic mass is 10.4. The highest BCUT2D eigenvalue weighted by atomic mass is 28.3. The Kier molecular flexibility index (Phi) is 5.14. The van der Waals surface area contributed by atoms with Gasteiger partial charge in [-0.3, -0.25) is 0 Å². The lowest BCUT2D eigenvalue weighted by molar-refractivity contribution is 0.00535. The summed E-state index contributed by atoms with van der Waals surface area (Å²) in [6, 6.07) is 22.2. The Balaban J connectivity index is 2.18. The fraction of sp³-hybridized carbons (Fsp3) is 0.200. The largest absolute Gasteiger partial charge is 0.371 e. The fourth-order valence-electron chi connectivity index (χ4n) is 2.16. The summed E-state index contributed by atoms with van der Waals surface area (Å²) in [5.74, 6) is 0. The maximum absolute atomic E-state index is 8.71. The molecule has 0 aliphatic heterocycles. The van der Waals surface area contributed by atoms with Crippen LogP contribution in [0, 0.1) is 0 Å². The zero-order chi connectivity index (χ0) is 12.6. The van der Waals surface area contributed by atoms with Crippen LogP contribution in [-0.4, -0.2) is 27.3 Å². The van der Waals surface area contributed by atoms with Crippen LogP contribution in [0.15, 0.2) is 60.7 Å². The molecule has 2 aromatic carbocycles. The van der Waals surface area contributed by atoms with Crippen molar-refractivity contribution in [3.63, 3.8) is 0 Å². The van der Waals surface area contributed by atoms with E-state index in [0.717, 1.165) is 6.04 Å². The Bertz CT molecular complexity index is 405. The smallest absolute Gasteiger partial charge is 0.143 e. The summed E-state index contributed by atoms with van der Waals surface area (Å²) in [5, 5.41) is 11.6. The molecule has 0 radical (unpaired) electrons. The van der Waals surface area contributed by atoms with Crippen molar-refractivity contribution >= 4 is 19.2 Å². The van der Waals surface area contributed by atoms with Crippen LogP contribution in [0.25, 0.3) is 0 Å².